The van der Waals surface area contributed by atoms with Crippen molar-refractivity contribution in [1.82, 2.24) is 9.84 Å². The average molecular weight is 314 g/mol. The molecule has 20 heavy (non-hydrogen) atoms. The summed E-state index contributed by atoms with van der Waals surface area (Å²) in [7, 11) is 0. The number of hydrogen-bond donors (Lipinski definition) is 1. The summed E-state index contributed by atoms with van der Waals surface area (Å²) in [6.07, 6.45) is 2.13. The Labute approximate surface area is 129 Å². The number of carbonyl (C=O) groups is 1. The SMILES string of the molecule is CCCC(C)C1NN(SCCl)C(=O)N1c1ccccc1. The lowest BCUT2D eigenvalue weighted by Gasteiger charge is -2.27. The first-order valence-corrected chi connectivity index (χ1v) is 8.30. The average Bonchev–Trinajstić information content (AvgIpc) is 2.78. The number of anilines is 1. The summed E-state index contributed by atoms with van der Waals surface area (Å²) in [5, 5.41) is 0.344. The van der Waals surface area contributed by atoms with E-state index in [1.54, 1.807) is 0 Å². The monoisotopic (exact) mass is 313 g/mol. The molecule has 6 heteroatoms. The number of benzene rings is 1. The van der Waals surface area contributed by atoms with Crippen LogP contribution >= 0.6 is 23.5 Å². The van der Waals surface area contributed by atoms with E-state index in [1.165, 1.54) is 16.4 Å². The second-order valence-corrected chi connectivity index (χ2v) is 6.36. The summed E-state index contributed by atoms with van der Waals surface area (Å²) in [5.74, 6) is 0.366. The van der Waals surface area contributed by atoms with Crippen LogP contribution in [0.1, 0.15) is 26.7 Å². The number of alkyl halides is 1. The Morgan fingerprint density at radius 1 is 1.40 bits per heavy atom. The van der Waals surface area contributed by atoms with Crippen LogP contribution in [0.4, 0.5) is 10.5 Å². The molecule has 110 valence electrons. The number of hydrazine groups is 1. The molecule has 1 heterocycles. The molecule has 1 N–H and O–H groups in total. The minimum absolute atomic E-state index is 0.0273. The van der Waals surface area contributed by atoms with Crippen LogP contribution in [-0.2, 0) is 0 Å². The zero-order valence-corrected chi connectivity index (χ0v) is 13.3. The van der Waals surface area contributed by atoms with Crippen LogP contribution in [0.15, 0.2) is 30.3 Å². The number of halogens is 1. The van der Waals surface area contributed by atoms with Crippen LogP contribution < -0.4 is 10.3 Å². The van der Waals surface area contributed by atoms with E-state index < -0.39 is 0 Å². The molecule has 2 atom stereocenters. The van der Waals surface area contributed by atoms with Crippen molar-refractivity contribution in [2.24, 2.45) is 5.92 Å². The van der Waals surface area contributed by atoms with Crippen molar-refractivity contribution >= 4 is 35.3 Å². The van der Waals surface area contributed by atoms with Crippen LogP contribution in [0.3, 0.4) is 0 Å². The molecule has 0 radical (unpaired) electrons. The molecule has 0 aromatic heterocycles. The number of rotatable bonds is 6. The second-order valence-electron chi connectivity index (χ2n) is 4.86. The summed E-state index contributed by atoms with van der Waals surface area (Å²) in [5.41, 5.74) is 4.18. The largest absolute Gasteiger partial charge is 0.350 e. The Bertz CT molecular complexity index is 445. The van der Waals surface area contributed by atoms with E-state index in [1.807, 2.05) is 35.2 Å². The third-order valence-corrected chi connectivity index (χ3v) is 4.31. The number of urea groups is 1. The van der Waals surface area contributed by atoms with Gasteiger partial charge in [-0.25, -0.2) is 4.79 Å². The third kappa shape index (κ3) is 3.22. The Morgan fingerprint density at radius 2 is 2.10 bits per heavy atom. The third-order valence-electron chi connectivity index (χ3n) is 3.40. The highest BCUT2D eigenvalue weighted by Gasteiger charge is 2.40. The first kappa shape index (κ1) is 15.5. The van der Waals surface area contributed by atoms with Gasteiger partial charge in [-0.3, -0.25) is 4.90 Å². The van der Waals surface area contributed by atoms with E-state index >= 15 is 0 Å². The summed E-state index contributed by atoms with van der Waals surface area (Å²) in [6, 6.07) is 9.70. The molecule has 1 fully saturated rings. The van der Waals surface area contributed by atoms with Crippen molar-refractivity contribution in [3.05, 3.63) is 30.3 Å². The molecular weight excluding hydrogens is 294 g/mol. The zero-order valence-electron chi connectivity index (χ0n) is 11.8. The van der Waals surface area contributed by atoms with Gasteiger partial charge in [0.2, 0.25) is 0 Å². The van der Waals surface area contributed by atoms with Crippen LogP contribution in [0.25, 0.3) is 0 Å². The van der Waals surface area contributed by atoms with Gasteiger partial charge in [-0.1, -0.05) is 38.5 Å². The molecule has 2 unspecified atom stereocenters. The quantitative estimate of drug-likeness (QED) is 0.636. The molecule has 1 aromatic rings. The van der Waals surface area contributed by atoms with Gasteiger partial charge >= 0.3 is 6.03 Å². The number of nitrogens with one attached hydrogen (secondary N) is 1. The van der Waals surface area contributed by atoms with E-state index in [0.29, 0.717) is 11.1 Å². The second kappa shape index (κ2) is 7.20. The molecule has 0 spiro atoms. The zero-order chi connectivity index (χ0) is 14.5. The van der Waals surface area contributed by atoms with E-state index in [2.05, 4.69) is 19.3 Å². The molecule has 0 saturated carbocycles. The van der Waals surface area contributed by atoms with E-state index in [9.17, 15) is 4.79 Å². The predicted octanol–water partition coefficient (Wildman–Crippen LogP) is 4.04. The van der Waals surface area contributed by atoms with Gasteiger partial charge in [0.1, 0.15) is 6.17 Å². The normalized spacial score (nSPS) is 20.6. The van der Waals surface area contributed by atoms with Crippen molar-refractivity contribution in [1.29, 1.82) is 0 Å². The summed E-state index contributed by atoms with van der Waals surface area (Å²) in [6.45, 7) is 4.32. The fraction of sp³-hybridized carbons (Fsp3) is 0.500. The van der Waals surface area contributed by atoms with Crippen LogP contribution in [0.5, 0.6) is 0 Å². The maximum absolute atomic E-state index is 12.5. The van der Waals surface area contributed by atoms with E-state index in [0.717, 1.165) is 18.5 Å². The fourth-order valence-corrected chi connectivity index (χ4v) is 3.22. The van der Waals surface area contributed by atoms with E-state index in [4.69, 9.17) is 11.6 Å². The number of amides is 2. The minimum atomic E-state index is -0.0604. The molecule has 0 aliphatic carbocycles. The van der Waals surface area contributed by atoms with Gasteiger partial charge in [-0.15, -0.1) is 11.6 Å². The van der Waals surface area contributed by atoms with Crippen molar-refractivity contribution in [3.8, 4) is 0 Å². The van der Waals surface area contributed by atoms with Crippen molar-refractivity contribution in [2.75, 3.05) is 10.1 Å². The van der Waals surface area contributed by atoms with E-state index in [-0.39, 0.29) is 12.2 Å². The van der Waals surface area contributed by atoms with Gasteiger partial charge in [0.05, 0.1) is 5.21 Å². The summed E-state index contributed by atoms with van der Waals surface area (Å²) < 4.78 is 1.54. The maximum atomic E-state index is 12.5. The molecule has 2 rings (SSSR count). The molecular formula is C14H20ClN3OS. The molecule has 1 aliphatic heterocycles. The molecule has 1 saturated heterocycles. The Morgan fingerprint density at radius 3 is 2.70 bits per heavy atom. The first-order valence-electron chi connectivity index (χ1n) is 6.82. The lowest BCUT2D eigenvalue weighted by Crippen LogP contribution is -2.42. The van der Waals surface area contributed by atoms with Crippen LogP contribution in [-0.4, -0.2) is 21.8 Å². The minimum Gasteiger partial charge on any atom is -0.275 e. The van der Waals surface area contributed by atoms with Crippen molar-refractivity contribution in [2.45, 2.75) is 32.9 Å². The molecule has 4 nitrogen and oxygen atoms in total. The van der Waals surface area contributed by atoms with Crippen molar-refractivity contribution in [3.63, 3.8) is 0 Å². The molecule has 1 aromatic carbocycles. The fourth-order valence-electron chi connectivity index (χ4n) is 2.45. The highest BCUT2D eigenvalue weighted by atomic mass is 35.5. The molecule has 0 bridgehead atoms. The smallest absolute Gasteiger partial charge is 0.275 e. The highest BCUT2D eigenvalue weighted by molar-refractivity contribution is 7.98. The van der Waals surface area contributed by atoms with Gasteiger partial charge in [-0.05, 0) is 36.4 Å². The topological polar surface area (TPSA) is 35.6 Å². The lowest BCUT2D eigenvalue weighted by atomic mass is 10.0. The van der Waals surface area contributed by atoms with Gasteiger partial charge in [0.25, 0.3) is 0 Å². The summed E-state index contributed by atoms with van der Waals surface area (Å²) in [4.78, 5) is 14.3. The highest BCUT2D eigenvalue weighted by Crippen LogP contribution is 2.30. The number of hydrogen-bond acceptors (Lipinski definition) is 3. The van der Waals surface area contributed by atoms with Crippen LogP contribution in [0.2, 0.25) is 0 Å². The van der Waals surface area contributed by atoms with Gasteiger partial charge in [0, 0.05) is 5.69 Å². The Kier molecular flexibility index (Phi) is 5.57. The molecule has 2 amide bonds. The predicted molar refractivity (Wildman–Crippen MR) is 85.5 cm³/mol. The number of carbonyl (C=O) groups excluding carboxylic acids is 1. The standard InChI is InChI=1S/C14H20ClN3OS/c1-3-7-11(2)13-16-18(20-10-15)14(19)17(13)12-8-5-4-6-9-12/h4-6,8-9,11,13,16H,3,7,10H2,1-2H3. The van der Waals surface area contributed by atoms with Gasteiger partial charge in [0.15, 0.2) is 0 Å². The summed E-state index contributed by atoms with van der Waals surface area (Å²) >= 11 is 7.02. The van der Waals surface area contributed by atoms with Crippen LogP contribution in [0, 0.1) is 5.92 Å². The number of nitrogens with zero attached hydrogens (tertiary/aromatic N) is 2. The molecule has 1 aliphatic rings. The van der Waals surface area contributed by atoms with Gasteiger partial charge in [-0.2, -0.15) is 9.84 Å². The Hall–Kier alpha value is -0.910. The van der Waals surface area contributed by atoms with Crippen molar-refractivity contribution < 1.29 is 4.79 Å². The number of para-hydroxylation sites is 1. The first-order chi connectivity index (χ1) is 9.69. The lowest BCUT2D eigenvalue weighted by molar-refractivity contribution is 0.235. The Balaban J connectivity index is 2.25. The maximum Gasteiger partial charge on any atom is 0.350 e. The van der Waals surface area contributed by atoms with Gasteiger partial charge < -0.3 is 0 Å².